The number of aryl methyl sites for hydroxylation is 1. The van der Waals surface area contributed by atoms with E-state index in [0.29, 0.717) is 6.04 Å². The largest absolute Gasteiger partial charge is 0.313 e. The topological polar surface area (TPSA) is 12.0 Å². The van der Waals surface area contributed by atoms with E-state index in [-0.39, 0.29) is 0 Å². The van der Waals surface area contributed by atoms with E-state index in [4.69, 9.17) is 0 Å². The number of nitrogens with one attached hydrogen (secondary N) is 1. The summed E-state index contributed by atoms with van der Waals surface area (Å²) in [7, 11) is 0. The van der Waals surface area contributed by atoms with Crippen LogP contribution in [0.2, 0.25) is 0 Å². The zero-order valence-corrected chi connectivity index (χ0v) is 14.0. The first kappa shape index (κ1) is 16.5. The lowest BCUT2D eigenvalue weighted by Crippen LogP contribution is -2.39. The maximum absolute atomic E-state index is 3.86. The Hall–Kier alpha value is -0.820. The highest BCUT2D eigenvalue weighted by molar-refractivity contribution is 5.23. The van der Waals surface area contributed by atoms with Gasteiger partial charge in [-0.25, -0.2) is 0 Å². The molecule has 1 aromatic rings. The summed E-state index contributed by atoms with van der Waals surface area (Å²) >= 11 is 0. The molecule has 1 heteroatoms. The molecule has 0 amide bonds. The molecule has 21 heavy (non-hydrogen) atoms. The van der Waals surface area contributed by atoms with Gasteiger partial charge in [0, 0.05) is 6.04 Å². The summed E-state index contributed by atoms with van der Waals surface area (Å²) in [5, 5.41) is 3.86. The van der Waals surface area contributed by atoms with Crippen LogP contribution in [0.3, 0.4) is 0 Å². The van der Waals surface area contributed by atoms with E-state index in [9.17, 15) is 0 Å². The van der Waals surface area contributed by atoms with Gasteiger partial charge in [0.1, 0.15) is 0 Å². The fourth-order valence-corrected chi connectivity index (χ4v) is 3.72. The van der Waals surface area contributed by atoms with Gasteiger partial charge in [-0.2, -0.15) is 0 Å². The van der Waals surface area contributed by atoms with E-state index < -0.39 is 0 Å². The monoisotopic (exact) mass is 287 g/mol. The summed E-state index contributed by atoms with van der Waals surface area (Å²) in [5.41, 5.74) is 2.89. The van der Waals surface area contributed by atoms with Crippen LogP contribution in [0, 0.1) is 12.8 Å². The van der Waals surface area contributed by atoms with Crippen molar-refractivity contribution in [1.29, 1.82) is 0 Å². The van der Waals surface area contributed by atoms with Crippen LogP contribution in [0.4, 0.5) is 0 Å². The molecule has 0 heterocycles. The predicted molar refractivity (Wildman–Crippen MR) is 92.8 cm³/mol. The summed E-state index contributed by atoms with van der Waals surface area (Å²) in [6.07, 6.45) is 12.5. The van der Waals surface area contributed by atoms with E-state index in [1.165, 1.54) is 68.9 Å². The van der Waals surface area contributed by atoms with Gasteiger partial charge in [0.15, 0.2) is 0 Å². The third kappa shape index (κ3) is 5.82. The van der Waals surface area contributed by atoms with Crippen LogP contribution in [-0.2, 0) is 6.42 Å². The van der Waals surface area contributed by atoms with Crippen molar-refractivity contribution < 1.29 is 0 Å². The molecule has 1 fully saturated rings. The Morgan fingerprint density at radius 2 is 1.81 bits per heavy atom. The van der Waals surface area contributed by atoms with Crippen LogP contribution < -0.4 is 5.32 Å². The molecule has 0 saturated heterocycles. The molecular weight excluding hydrogens is 254 g/mol. The van der Waals surface area contributed by atoms with Crippen molar-refractivity contribution in [2.75, 3.05) is 6.54 Å². The average molecular weight is 287 g/mol. The zero-order valence-electron chi connectivity index (χ0n) is 14.0. The lowest BCUT2D eigenvalue weighted by Gasteiger charge is -2.30. The van der Waals surface area contributed by atoms with Crippen molar-refractivity contribution in [3.8, 4) is 0 Å². The smallest absolute Gasteiger partial charge is 0.0136 e. The minimum atomic E-state index is 0.671. The Balaban J connectivity index is 2.01. The fraction of sp³-hybridized carbons (Fsp3) is 0.700. The van der Waals surface area contributed by atoms with Crippen molar-refractivity contribution in [2.45, 2.75) is 77.7 Å². The van der Waals surface area contributed by atoms with Gasteiger partial charge in [0.25, 0.3) is 0 Å². The third-order valence-electron chi connectivity index (χ3n) is 4.91. The quantitative estimate of drug-likeness (QED) is 0.752. The Labute approximate surface area is 131 Å². The lowest BCUT2D eigenvalue weighted by molar-refractivity contribution is 0.283. The minimum Gasteiger partial charge on any atom is -0.313 e. The van der Waals surface area contributed by atoms with E-state index in [1.807, 2.05) is 0 Å². The second-order valence-corrected chi connectivity index (χ2v) is 6.86. The van der Waals surface area contributed by atoms with Crippen LogP contribution in [0.25, 0.3) is 0 Å². The van der Waals surface area contributed by atoms with Crippen molar-refractivity contribution in [1.82, 2.24) is 5.32 Å². The summed E-state index contributed by atoms with van der Waals surface area (Å²) in [5.74, 6) is 0.873. The molecule has 2 rings (SSSR count). The fourth-order valence-electron chi connectivity index (χ4n) is 3.72. The number of hydrogen-bond acceptors (Lipinski definition) is 1. The van der Waals surface area contributed by atoms with E-state index in [1.54, 1.807) is 0 Å². The van der Waals surface area contributed by atoms with Gasteiger partial charge in [0.05, 0.1) is 0 Å². The van der Waals surface area contributed by atoms with Gasteiger partial charge in [0.2, 0.25) is 0 Å². The Kier molecular flexibility index (Phi) is 7.29. The van der Waals surface area contributed by atoms with Gasteiger partial charge in [-0.05, 0) is 50.6 Å². The van der Waals surface area contributed by atoms with E-state index >= 15 is 0 Å². The molecule has 1 aliphatic carbocycles. The van der Waals surface area contributed by atoms with Crippen LogP contribution in [0.5, 0.6) is 0 Å². The predicted octanol–water partition coefficient (Wildman–Crippen LogP) is 5.27. The molecule has 118 valence electrons. The highest BCUT2D eigenvalue weighted by Crippen LogP contribution is 2.26. The van der Waals surface area contributed by atoms with Crippen LogP contribution in [-0.4, -0.2) is 12.6 Å². The standard InChI is InChI=1S/C20H33N/c1-3-14-21-20(16-18-11-9-10-17(2)15-18)19-12-7-5-4-6-8-13-19/h9-11,15,19-21H,3-8,12-14,16H2,1-2H3. The summed E-state index contributed by atoms with van der Waals surface area (Å²) in [6.45, 7) is 5.63. The van der Waals surface area contributed by atoms with E-state index in [0.717, 1.165) is 12.5 Å². The molecule has 1 aliphatic rings. The second-order valence-electron chi connectivity index (χ2n) is 6.86. The van der Waals surface area contributed by atoms with Gasteiger partial charge in [-0.15, -0.1) is 0 Å². The molecule has 1 N–H and O–H groups in total. The Morgan fingerprint density at radius 1 is 1.10 bits per heavy atom. The van der Waals surface area contributed by atoms with Gasteiger partial charge in [-0.1, -0.05) is 68.9 Å². The number of rotatable bonds is 6. The molecule has 0 radical (unpaired) electrons. The molecule has 0 spiro atoms. The van der Waals surface area contributed by atoms with Gasteiger partial charge < -0.3 is 5.32 Å². The molecular formula is C20H33N. The summed E-state index contributed by atoms with van der Waals surface area (Å²) < 4.78 is 0. The minimum absolute atomic E-state index is 0.671. The first-order chi connectivity index (χ1) is 10.3. The van der Waals surface area contributed by atoms with Gasteiger partial charge >= 0.3 is 0 Å². The maximum Gasteiger partial charge on any atom is 0.0136 e. The first-order valence-electron chi connectivity index (χ1n) is 9.08. The zero-order chi connectivity index (χ0) is 14.9. The summed E-state index contributed by atoms with van der Waals surface area (Å²) in [6, 6.07) is 9.75. The lowest BCUT2D eigenvalue weighted by atomic mass is 9.83. The molecule has 0 bridgehead atoms. The van der Waals surface area contributed by atoms with Crippen molar-refractivity contribution in [2.24, 2.45) is 5.92 Å². The van der Waals surface area contributed by atoms with Crippen LogP contribution in [0.1, 0.15) is 69.4 Å². The van der Waals surface area contributed by atoms with Crippen LogP contribution in [0.15, 0.2) is 24.3 Å². The van der Waals surface area contributed by atoms with Crippen molar-refractivity contribution >= 4 is 0 Å². The number of benzene rings is 1. The molecule has 0 aliphatic heterocycles. The molecule has 1 nitrogen and oxygen atoms in total. The Morgan fingerprint density at radius 3 is 2.48 bits per heavy atom. The average Bonchev–Trinajstić information content (AvgIpc) is 2.43. The highest BCUT2D eigenvalue weighted by Gasteiger charge is 2.21. The van der Waals surface area contributed by atoms with E-state index in [2.05, 4.69) is 43.4 Å². The van der Waals surface area contributed by atoms with Crippen molar-refractivity contribution in [3.05, 3.63) is 35.4 Å². The maximum atomic E-state index is 3.86. The molecule has 1 atom stereocenters. The number of hydrogen-bond donors (Lipinski definition) is 1. The molecule has 1 saturated carbocycles. The SMILES string of the molecule is CCCNC(Cc1cccc(C)c1)C1CCCCCCC1. The molecule has 0 aromatic heterocycles. The summed E-state index contributed by atoms with van der Waals surface area (Å²) in [4.78, 5) is 0. The molecule has 1 unspecified atom stereocenters. The first-order valence-corrected chi connectivity index (χ1v) is 9.08. The molecule has 1 aromatic carbocycles. The van der Waals surface area contributed by atoms with Crippen molar-refractivity contribution in [3.63, 3.8) is 0 Å². The third-order valence-corrected chi connectivity index (χ3v) is 4.91. The highest BCUT2D eigenvalue weighted by atomic mass is 14.9. The normalized spacial score (nSPS) is 19.0. The Bertz CT molecular complexity index is 391. The second kappa shape index (κ2) is 9.25. The van der Waals surface area contributed by atoms with Gasteiger partial charge in [-0.3, -0.25) is 0 Å². The van der Waals surface area contributed by atoms with Crippen LogP contribution >= 0.6 is 0 Å².